The highest BCUT2D eigenvalue weighted by atomic mass is 35.5. The van der Waals surface area contributed by atoms with Crippen molar-refractivity contribution in [3.63, 3.8) is 0 Å². The maximum absolute atomic E-state index is 13.2. The summed E-state index contributed by atoms with van der Waals surface area (Å²) in [5, 5.41) is 17.8. The number of aliphatic hydroxyl groups excluding tert-OH is 1. The van der Waals surface area contributed by atoms with Crippen LogP contribution in [0, 0.1) is 0 Å². The number of piperazine rings is 1. The molecule has 176 valence electrons. The van der Waals surface area contributed by atoms with Crippen LogP contribution in [0.4, 0.5) is 17.3 Å². The van der Waals surface area contributed by atoms with Crippen molar-refractivity contribution < 1.29 is 9.94 Å². The molecule has 2 aromatic heterocycles. The van der Waals surface area contributed by atoms with Crippen molar-refractivity contribution >= 4 is 45.5 Å². The molecule has 1 fully saturated rings. The first-order chi connectivity index (χ1) is 16.5. The SMILES string of the molecule is COn1c(=O)c(C2=C(O)CCC=C2Cl)cc2cnc(Nc3ccc(N4CCNCC4)cc3)nc21. The first-order valence-electron chi connectivity index (χ1n) is 11.1. The summed E-state index contributed by atoms with van der Waals surface area (Å²) in [7, 11) is 1.39. The Bertz CT molecular complexity index is 1340. The van der Waals surface area contributed by atoms with E-state index in [4.69, 9.17) is 16.4 Å². The summed E-state index contributed by atoms with van der Waals surface area (Å²) in [5.41, 5.74) is 2.39. The summed E-state index contributed by atoms with van der Waals surface area (Å²) in [4.78, 5) is 29.8. The summed E-state index contributed by atoms with van der Waals surface area (Å²) in [6.45, 7) is 3.92. The maximum Gasteiger partial charge on any atom is 0.293 e. The third-order valence-corrected chi connectivity index (χ3v) is 6.34. The van der Waals surface area contributed by atoms with Crippen LogP contribution in [0.2, 0.25) is 0 Å². The summed E-state index contributed by atoms with van der Waals surface area (Å²) in [6, 6.07) is 9.71. The van der Waals surface area contributed by atoms with Crippen LogP contribution in [0.5, 0.6) is 0 Å². The van der Waals surface area contributed by atoms with Gasteiger partial charge in [0.2, 0.25) is 5.95 Å². The van der Waals surface area contributed by atoms with E-state index in [2.05, 4.69) is 37.6 Å². The van der Waals surface area contributed by atoms with Crippen LogP contribution in [0.1, 0.15) is 18.4 Å². The minimum absolute atomic E-state index is 0.0788. The van der Waals surface area contributed by atoms with Crippen molar-refractivity contribution in [2.75, 3.05) is 43.5 Å². The molecule has 10 heteroatoms. The Kier molecular flexibility index (Phi) is 6.12. The average molecular weight is 481 g/mol. The van der Waals surface area contributed by atoms with Crippen LogP contribution in [-0.4, -0.2) is 53.1 Å². The number of pyridine rings is 1. The minimum atomic E-state index is -0.463. The summed E-state index contributed by atoms with van der Waals surface area (Å²) in [5.74, 6) is 0.410. The molecule has 34 heavy (non-hydrogen) atoms. The Morgan fingerprint density at radius 2 is 1.97 bits per heavy atom. The van der Waals surface area contributed by atoms with Crippen LogP contribution in [-0.2, 0) is 0 Å². The lowest BCUT2D eigenvalue weighted by molar-refractivity contribution is 0.167. The fraction of sp³-hybridized carbons (Fsp3) is 0.292. The molecule has 0 unspecified atom stereocenters. The van der Waals surface area contributed by atoms with Crippen molar-refractivity contribution in [2.24, 2.45) is 0 Å². The lowest BCUT2D eigenvalue weighted by Crippen LogP contribution is -2.43. The van der Waals surface area contributed by atoms with E-state index in [0.717, 1.165) is 36.6 Å². The molecular weight excluding hydrogens is 456 g/mol. The Labute approximate surface area is 201 Å². The van der Waals surface area contributed by atoms with E-state index >= 15 is 0 Å². The third-order valence-electron chi connectivity index (χ3n) is 5.99. The second kappa shape index (κ2) is 9.36. The van der Waals surface area contributed by atoms with E-state index in [-0.39, 0.29) is 11.3 Å². The molecule has 0 bridgehead atoms. The average Bonchev–Trinajstić information content (AvgIpc) is 2.85. The number of halogens is 1. The van der Waals surface area contributed by atoms with Gasteiger partial charge in [0.15, 0.2) is 5.65 Å². The molecule has 1 saturated heterocycles. The van der Waals surface area contributed by atoms with Gasteiger partial charge in [0.25, 0.3) is 5.56 Å². The summed E-state index contributed by atoms with van der Waals surface area (Å²) in [6.07, 6.45) is 4.43. The molecule has 3 heterocycles. The topological polar surface area (TPSA) is 105 Å². The highest BCUT2D eigenvalue weighted by Gasteiger charge is 2.22. The number of hydrogen-bond donors (Lipinski definition) is 3. The van der Waals surface area contributed by atoms with E-state index in [1.807, 2.05) is 12.1 Å². The van der Waals surface area contributed by atoms with Gasteiger partial charge in [-0.2, -0.15) is 4.98 Å². The first-order valence-corrected chi connectivity index (χ1v) is 11.5. The number of allylic oxidation sites excluding steroid dienone is 4. The van der Waals surface area contributed by atoms with Gasteiger partial charge < -0.3 is 25.5 Å². The lowest BCUT2D eigenvalue weighted by Gasteiger charge is -2.29. The van der Waals surface area contributed by atoms with Crippen LogP contribution in [0.15, 0.2) is 58.2 Å². The van der Waals surface area contributed by atoms with Gasteiger partial charge in [-0.05, 0) is 36.8 Å². The van der Waals surface area contributed by atoms with Crippen molar-refractivity contribution in [1.29, 1.82) is 0 Å². The Balaban J connectivity index is 1.46. The molecule has 0 spiro atoms. The molecular formula is C24H25ClN6O3. The fourth-order valence-corrected chi connectivity index (χ4v) is 4.59. The molecule has 0 radical (unpaired) electrons. The molecule has 1 aliphatic carbocycles. The third kappa shape index (κ3) is 4.20. The Morgan fingerprint density at radius 1 is 1.21 bits per heavy atom. The van der Waals surface area contributed by atoms with Gasteiger partial charge in [0.05, 0.1) is 5.56 Å². The zero-order valence-electron chi connectivity index (χ0n) is 18.7. The largest absolute Gasteiger partial charge is 0.512 e. The van der Waals surface area contributed by atoms with Crippen LogP contribution in [0.25, 0.3) is 16.6 Å². The van der Waals surface area contributed by atoms with Crippen LogP contribution < -0.4 is 25.9 Å². The van der Waals surface area contributed by atoms with E-state index in [1.165, 1.54) is 12.8 Å². The minimum Gasteiger partial charge on any atom is -0.512 e. The first kappa shape index (κ1) is 22.2. The molecule has 1 aromatic carbocycles. The highest BCUT2D eigenvalue weighted by Crippen LogP contribution is 2.33. The van der Waals surface area contributed by atoms with Gasteiger partial charge in [0, 0.05) is 66.2 Å². The molecule has 0 atom stereocenters. The van der Waals surface area contributed by atoms with Gasteiger partial charge in [-0.3, -0.25) is 4.79 Å². The Hall–Kier alpha value is -3.56. The zero-order chi connectivity index (χ0) is 23.7. The zero-order valence-corrected chi connectivity index (χ0v) is 19.5. The predicted molar refractivity (Wildman–Crippen MR) is 134 cm³/mol. The van der Waals surface area contributed by atoms with E-state index in [0.29, 0.717) is 40.4 Å². The number of hydrogen-bond acceptors (Lipinski definition) is 8. The van der Waals surface area contributed by atoms with Crippen LogP contribution >= 0.6 is 11.6 Å². The number of fused-ring (bicyclic) bond motifs is 1. The summed E-state index contributed by atoms with van der Waals surface area (Å²) < 4.78 is 1.09. The lowest BCUT2D eigenvalue weighted by atomic mass is 9.98. The molecule has 3 N–H and O–H groups in total. The number of aliphatic hydroxyl groups is 1. The number of nitrogens with one attached hydrogen (secondary N) is 2. The van der Waals surface area contributed by atoms with Gasteiger partial charge in [-0.1, -0.05) is 17.7 Å². The standard InChI is InChI=1S/C24H25ClN6O3/c1-34-31-22-15(13-18(23(31)33)21-19(25)3-2-4-20(21)32)14-27-24(29-22)28-16-5-7-17(8-6-16)30-11-9-26-10-12-30/h3,5-8,13-14,26,32H,2,4,9-12H2,1H3,(H,27,28,29). The number of nitrogens with zero attached hydrogens (tertiary/aromatic N) is 4. The van der Waals surface area contributed by atoms with E-state index in [9.17, 15) is 9.90 Å². The quantitative estimate of drug-likeness (QED) is 0.511. The second-order valence-electron chi connectivity index (χ2n) is 8.13. The van der Waals surface area contributed by atoms with E-state index < -0.39 is 5.56 Å². The van der Waals surface area contributed by atoms with Crippen LogP contribution in [0.3, 0.4) is 0 Å². The molecule has 1 aliphatic heterocycles. The van der Waals surface area contributed by atoms with Crippen molar-refractivity contribution in [1.82, 2.24) is 20.0 Å². The maximum atomic E-state index is 13.2. The fourth-order valence-electron chi connectivity index (χ4n) is 4.27. The summed E-state index contributed by atoms with van der Waals surface area (Å²) >= 11 is 6.31. The number of anilines is 3. The highest BCUT2D eigenvalue weighted by molar-refractivity contribution is 6.37. The van der Waals surface area contributed by atoms with Gasteiger partial charge >= 0.3 is 0 Å². The number of aromatic nitrogens is 3. The number of rotatable bonds is 5. The van der Waals surface area contributed by atoms with Crippen molar-refractivity contribution in [3.8, 4) is 0 Å². The van der Waals surface area contributed by atoms with Crippen molar-refractivity contribution in [2.45, 2.75) is 12.8 Å². The molecule has 2 aliphatic rings. The van der Waals surface area contributed by atoms with Crippen molar-refractivity contribution in [3.05, 3.63) is 69.3 Å². The number of benzene rings is 1. The van der Waals surface area contributed by atoms with Gasteiger partial charge in [-0.25, -0.2) is 4.98 Å². The van der Waals surface area contributed by atoms with Gasteiger partial charge in [0.1, 0.15) is 12.9 Å². The molecule has 0 amide bonds. The van der Waals surface area contributed by atoms with Gasteiger partial charge in [-0.15, -0.1) is 4.73 Å². The molecule has 9 nitrogen and oxygen atoms in total. The predicted octanol–water partition coefficient (Wildman–Crippen LogP) is 3.19. The normalized spacial score (nSPS) is 16.5. The Morgan fingerprint density at radius 3 is 2.68 bits per heavy atom. The molecule has 5 rings (SSSR count). The molecule has 0 saturated carbocycles. The second-order valence-corrected chi connectivity index (χ2v) is 8.54. The van der Waals surface area contributed by atoms with E-state index in [1.54, 1.807) is 18.3 Å². The monoisotopic (exact) mass is 480 g/mol. The smallest absolute Gasteiger partial charge is 0.293 e. The molecule has 3 aromatic rings.